The number of aliphatic carboxylic acids is 1. The Morgan fingerprint density at radius 1 is 1.31 bits per heavy atom. The molecule has 16 heavy (non-hydrogen) atoms. The highest BCUT2D eigenvalue weighted by molar-refractivity contribution is 5.74. The van der Waals surface area contributed by atoms with Crippen molar-refractivity contribution in [3.63, 3.8) is 0 Å². The van der Waals surface area contributed by atoms with Crippen molar-refractivity contribution in [3.8, 4) is 0 Å². The third-order valence-electron chi connectivity index (χ3n) is 4.25. The van der Waals surface area contributed by atoms with Gasteiger partial charge in [-0.2, -0.15) is 0 Å². The van der Waals surface area contributed by atoms with Crippen LogP contribution in [0.2, 0.25) is 0 Å². The molecule has 2 aliphatic carbocycles. The van der Waals surface area contributed by atoms with Gasteiger partial charge in [0, 0.05) is 0 Å². The fourth-order valence-corrected chi connectivity index (χ4v) is 2.86. The highest BCUT2D eigenvalue weighted by atomic mass is 16.4. The van der Waals surface area contributed by atoms with Gasteiger partial charge >= 0.3 is 5.97 Å². The van der Waals surface area contributed by atoms with E-state index in [0.29, 0.717) is 11.8 Å². The van der Waals surface area contributed by atoms with Crippen LogP contribution in [0.25, 0.3) is 0 Å². The fourth-order valence-electron chi connectivity index (χ4n) is 2.86. The number of hydrogen-bond acceptors (Lipinski definition) is 2. The van der Waals surface area contributed by atoms with Gasteiger partial charge in [0.05, 0.1) is 0 Å². The quantitative estimate of drug-likeness (QED) is 0.754. The first-order chi connectivity index (χ1) is 7.68. The van der Waals surface area contributed by atoms with Gasteiger partial charge in [-0.15, -0.1) is 0 Å². The van der Waals surface area contributed by atoms with E-state index in [0.717, 1.165) is 25.3 Å². The van der Waals surface area contributed by atoms with Gasteiger partial charge in [0.15, 0.2) is 0 Å². The molecular weight excluding hydrogens is 202 g/mol. The molecule has 92 valence electrons. The van der Waals surface area contributed by atoms with Crippen LogP contribution in [0, 0.1) is 17.8 Å². The molecule has 0 amide bonds. The molecule has 2 rings (SSSR count). The number of carboxylic acid groups (broad SMARTS) is 1. The monoisotopic (exact) mass is 225 g/mol. The number of carboxylic acids is 1. The summed E-state index contributed by atoms with van der Waals surface area (Å²) in [6.45, 7) is 3.20. The van der Waals surface area contributed by atoms with Crippen LogP contribution in [0.1, 0.15) is 45.4 Å². The molecule has 0 aromatic heterocycles. The molecule has 0 aliphatic heterocycles. The van der Waals surface area contributed by atoms with Gasteiger partial charge in [0.25, 0.3) is 0 Å². The van der Waals surface area contributed by atoms with Crippen molar-refractivity contribution >= 4 is 5.97 Å². The smallest absolute Gasteiger partial charge is 0.320 e. The molecule has 3 heteroatoms. The second-order valence-corrected chi connectivity index (χ2v) is 5.58. The number of rotatable bonds is 5. The predicted molar refractivity (Wildman–Crippen MR) is 63.3 cm³/mol. The summed E-state index contributed by atoms with van der Waals surface area (Å²) in [5.41, 5.74) is 0. The summed E-state index contributed by atoms with van der Waals surface area (Å²) < 4.78 is 0. The maximum atomic E-state index is 11.1. The summed E-state index contributed by atoms with van der Waals surface area (Å²) in [4.78, 5) is 11.1. The summed E-state index contributed by atoms with van der Waals surface area (Å²) in [5.74, 6) is 1.19. The van der Waals surface area contributed by atoms with Crippen molar-refractivity contribution in [1.29, 1.82) is 0 Å². The first-order valence-electron chi connectivity index (χ1n) is 6.64. The fraction of sp³-hybridized carbons (Fsp3) is 0.923. The van der Waals surface area contributed by atoms with Crippen molar-refractivity contribution in [2.75, 3.05) is 6.54 Å². The van der Waals surface area contributed by atoms with Gasteiger partial charge in [-0.1, -0.05) is 26.2 Å². The molecule has 3 nitrogen and oxygen atoms in total. The predicted octanol–water partition coefficient (Wildman–Crippen LogP) is 2.27. The summed E-state index contributed by atoms with van der Waals surface area (Å²) in [6, 6.07) is -0.283. The number of hydrogen-bond donors (Lipinski definition) is 2. The number of carbonyl (C=O) groups is 1. The van der Waals surface area contributed by atoms with E-state index in [2.05, 4.69) is 12.2 Å². The Balaban J connectivity index is 1.78. The molecule has 0 bridgehead atoms. The molecule has 0 radical (unpaired) electrons. The first kappa shape index (κ1) is 11.9. The Hall–Kier alpha value is -0.570. The van der Waals surface area contributed by atoms with Crippen molar-refractivity contribution in [3.05, 3.63) is 0 Å². The molecule has 0 aromatic carbocycles. The molecule has 0 heterocycles. The normalized spacial score (nSPS) is 32.3. The first-order valence-corrected chi connectivity index (χ1v) is 6.64. The van der Waals surface area contributed by atoms with E-state index in [1.54, 1.807) is 0 Å². The van der Waals surface area contributed by atoms with Gasteiger partial charge in [-0.25, -0.2) is 0 Å². The third-order valence-corrected chi connectivity index (χ3v) is 4.25. The lowest BCUT2D eigenvalue weighted by atomic mass is 9.80. The second kappa shape index (κ2) is 5.17. The van der Waals surface area contributed by atoms with Crippen molar-refractivity contribution < 1.29 is 9.90 Å². The second-order valence-electron chi connectivity index (χ2n) is 5.58. The lowest BCUT2D eigenvalue weighted by molar-refractivity contribution is -0.140. The SMILES string of the molecule is CC1CCCCC1CNC(C(=O)O)C1CC1. The van der Waals surface area contributed by atoms with Gasteiger partial charge in [-0.05, 0) is 43.6 Å². The molecule has 2 aliphatic rings. The average molecular weight is 225 g/mol. The maximum absolute atomic E-state index is 11.1. The minimum atomic E-state index is -0.661. The van der Waals surface area contributed by atoms with E-state index in [9.17, 15) is 4.79 Å². The van der Waals surface area contributed by atoms with E-state index in [-0.39, 0.29) is 6.04 Å². The third kappa shape index (κ3) is 2.97. The van der Waals surface area contributed by atoms with Gasteiger partial charge < -0.3 is 10.4 Å². The highest BCUT2D eigenvalue weighted by Gasteiger charge is 2.36. The molecule has 2 saturated carbocycles. The Bertz CT molecular complexity index is 250. The summed E-state index contributed by atoms with van der Waals surface area (Å²) in [7, 11) is 0. The Labute approximate surface area is 97.6 Å². The zero-order chi connectivity index (χ0) is 11.5. The molecule has 2 fully saturated rings. The van der Waals surface area contributed by atoms with Gasteiger partial charge in [0.1, 0.15) is 6.04 Å². The van der Waals surface area contributed by atoms with Crippen LogP contribution < -0.4 is 5.32 Å². The van der Waals surface area contributed by atoms with E-state index in [1.165, 1.54) is 25.7 Å². The van der Waals surface area contributed by atoms with Crippen LogP contribution >= 0.6 is 0 Å². The van der Waals surface area contributed by atoms with Crippen LogP contribution in [0.3, 0.4) is 0 Å². The van der Waals surface area contributed by atoms with Crippen LogP contribution in [0.15, 0.2) is 0 Å². The topological polar surface area (TPSA) is 49.3 Å². The maximum Gasteiger partial charge on any atom is 0.320 e. The van der Waals surface area contributed by atoms with Crippen LogP contribution in [0.5, 0.6) is 0 Å². The van der Waals surface area contributed by atoms with Crippen molar-refractivity contribution in [2.45, 2.75) is 51.5 Å². The Morgan fingerprint density at radius 2 is 2.00 bits per heavy atom. The summed E-state index contributed by atoms with van der Waals surface area (Å²) >= 11 is 0. The molecule has 0 aromatic rings. The number of nitrogens with one attached hydrogen (secondary N) is 1. The van der Waals surface area contributed by atoms with Crippen LogP contribution in [0.4, 0.5) is 0 Å². The molecule has 0 saturated heterocycles. The molecular formula is C13H23NO2. The van der Waals surface area contributed by atoms with Crippen molar-refractivity contribution in [1.82, 2.24) is 5.32 Å². The van der Waals surface area contributed by atoms with Crippen molar-refractivity contribution in [2.24, 2.45) is 17.8 Å². The Morgan fingerprint density at radius 3 is 2.56 bits per heavy atom. The summed E-state index contributed by atoms with van der Waals surface area (Å²) in [5, 5.41) is 12.4. The molecule has 3 unspecified atom stereocenters. The van der Waals surface area contributed by atoms with Gasteiger partial charge in [-0.3, -0.25) is 4.79 Å². The molecule has 0 spiro atoms. The van der Waals surface area contributed by atoms with Crippen LogP contribution in [-0.2, 0) is 4.79 Å². The zero-order valence-corrected chi connectivity index (χ0v) is 10.1. The van der Waals surface area contributed by atoms with Gasteiger partial charge in [0.2, 0.25) is 0 Å². The minimum Gasteiger partial charge on any atom is -0.480 e. The lowest BCUT2D eigenvalue weighted by Gasteiger charge is -2.30. The summed E-state index contributed by atoms with van der Waals surface area (Å²) in [6.07, 6.45) is 7.42. The molecule has 2 N–H and O–H groups in total. The Kier molecular flexibility index (Phi) is 3.85. The van der Waals surface area contributed by atoms with E-state index in [1.807, 2.05) is 0 Å². The average Bonchev–Trinajstić information content (AvgIpc) is 3.04. The van der Waals surface area contributed by atoms with E-state index >= 15 is 0 Å². The lowest BCUT2D eigenvalue weighted by Crippen LogP contribution is -2.42. The van der Waals surface area contributed by atoms with Crippen LogP contribution in [-0.4, -0.2) is 23.7 Å². The molecule has 3 atom stereocenters. The van der Waals surface area contributed by atoms with E-state index < -0.39 is 5.97 Å². The standard InChI is InChI=1S/C13H23NO2/c1-9-4-2-3-5-11(9)8-14-12(13(15)16)10-6-7-10/h9-12,14H,2-8H2,1H3,(H,15,16). The highest BCUT2D eigenvalue weighted by Crippen LogP contribution is 2.34. The largest absolute Gasteiger partial charge is 0.480 e. The van der Waals surface area contributed by atoms with E-state index in [4.69, 9.17) is 5.11 Å². The minimum absolute atomic E-state index is 0.283. The zero-order valence-electron chi connectivity index (χ0n) is 10.1.